The van der Waals surface area contributed by atoms with Crippen LogP contribution in [0.4, 0.5) is 5.69 Å². The minimum Gasteiger partial charge on any atom is -0.491 e. The normalized spacial score (nSPS) is 21.7. The number of carboxylic acid groups (broad SMARTS) is 1. The molecular formula is C22H29N3O3. The minimum absolute atomic E-state index is 0.129. The molecule has 0 unspecified atom stereocenters. The van der Waals surface area contributed by atoms with Crippen molar-refractivity contribution in [2.24, 2.45) is 5.92 Å². The van der Waals surface area contributed by atoms with Gasteiger partial charge in [-0.2, -0.15) is 0 Å². The first-order valence-corrected chi connectivity index (χ1v) is 10.3. The zero-order chi connectivity index (χ0) is 19.7. The predicted octanol–water partition coefficient (Wildman–Crippen LogP) is 3.76. The Hall–Kier alpha value is -2.34. The molecule has 1 aromatic heterocycles. The van der Waals surface area contributed by atoms with Gasteiger partial charge in [0.2, 0.25) is 0 Å². The van der Waals surface area contributed by atoms with Crippen molar-refractivity contribution >= 4 is 22.6 Å². The number of nitrogens with zero attached hydrogens (tertiary/aromatic N) is 2. The van der Waals surface area contributed by atoms with E-state index in [1.165, 1.54) is 12.8 Å². The largest absolute Gasteiger partial charge is 0.491 e. The number of pyridine rings is 1. The summed E-state index contributed by atoms with van der Waals surface area (Å²) in [5, 5.41) is 13.9. The Kier molecular flexibility index (Phi) is 5.40. The lowest BCUT2D eigenvalue weighted by Gasteiger charge is -2.43. The summed E-state index contributed by atoms with van der Waals surface area (Å²) in [6, 6.07) is 8.73. The van der Waals surface area contributed by atoms with E-state index >= 15 is 0 Å². The molecule has 2 saturated carbocycles. The van der Waals surface area contributed by atoms with Crippen LogP contribution in [0.5, 0.6) is 5.75 Å². The molecule has 0 aliphatic heterocycles. The Balaban J connectivity index is 1.42. The number of anilines is 1. The van der Waals surface area contributed by atoms with Crippen molar-refractivity contribution in [2.75, 3.05) is 18.4 Å². The summed E-state index contributed by atoms with van der Waals surface area (Å²) >= 11 is 0. The average molecular weight is 383 g/mol. The van der Waals surface area contributed by atoms with Gasteiger partial charge in [-0.15, -0.1) is 0 Å². The fourth-order valence-electron chi connectivity index (χ4n) is 3.97. The number of hydrogen-bond donors (Lipinski definition) is 2. The third-order valence-corrected chi connectivity index (χ3v) is 5.60. The number of aliphatic carboxylic acids is 1. The van der Waals surface area contributed by atoms with Gasteiger partial charge in [0.1, 0.15) is 5.75 Å². The first kappa shape index (κ1) is 19.0. The molecule has 150 valence electrons. The van der Waals surface area contributed by atoms with E-state index in [1.807, 2.05) is 44.3 Å². The number of hydrogen-bond acceptors (Lipinski definition) is 5. The number of rotatable bonds is 9. The first-order chi connectivity index (χ1) is 13.5. The van der Waals surface area contributed by atoms with Gasteiger partial charge in [-0.05, 0) is 69.7 Å². The van der Waals surface area contributed by atoms with Crippen LogP contribution in [0, 0.1) is 5.92 Å². The molecule has 2 aliphatic carbocycles. The summed E-state index contributed by atoms with van der Waals surface area (Å²) in [6.07, 6.45) is 6.40. The highest BCUT2D eigenvalue weighted by Crippen LogP contribution is 2.35. The third-order valence-electron chi connectivity index (χ3n) is 5.60. The van der Waals surface area contributed by atoms with Crippen LogP contribution < -0.4 is 10.1 Å². The van der Waals surface area contributed by atoms with E-state index in [9.17, 15) is 9.90 Å². The Bertz CT molecular complexity index is 844. The standard InChI is InChI=1S/C22H29N3O3/c1-14(2)28-18-5-6-20-19(11-18)21(7-8-23-20)24-16-9-17(10-16)25(13-22(26)27)12-15-3-4-15/h5-8,11,14-17H,3-4,9-10,12-13H2,1-2H3,(H,23,24)(H,26,27). The molecule has 4 rings (SSSR count). The van der Waals surface area contributed by atoms with Crippen molar-refractivity contribution in [3.63, 3.8) is 0 Å². The van der Waals surface area contributed by atoms with Crippen LogP contribution in [-0.4, -0.2) is 52.2 Å². The molecule has 6 nitrogen and oxygen atoms in total. The maximum absolute atomic E-state index is 11.2. The van der Waals surface area contributed by atoms with Gasteiger partial charge in [0.05, 0.1) is 18.2 Å². The van der Waals surface area contributed by atoms with Gasteiger partial charge >= 0.3 is 5.97 Å². The molecule has 2 aromatic rings. The highest BCUT2D eigenvalue weighted by Gasteiger charge is 2.37. The topological polar surface area (TPSA) is 74.7 Å². The lowest BCUT2D eigenvalue weighted by Crippen LogP contribution is -2.52. The number of fused-ring (bicyclic) bond motifs is 1. The number of benzene rings is 1. The third kappa shape index (κ3) is 4.55. The van der Waals surface area contributed by atoms with Crippen LogP contribution in [-0.2, 0) is 4.79 Å². The Morgan fingerprint density at radius 1 is 1.32 bits per heavy atom. The van der Waals surface area contributed by atoms with Crippen LogP contribution in [0.3, 0.4) is 0 Å². The number of carbonyl (C=O) groups is 1. The molecule has 0 radical (unpaired) electrons. The molecule has 2 fully saturated rings. The van der Waals surface area contributed by atoms with Crippen LogP contribution in [0.15, 0.2) is 30.5 Å². The highest BCUT2D eigenvalue weighted by molar-refractivity contribution is 5.92. The van der Waals surface area contributed by atoms with E-state index in [1.54, 1.807) is 0 Å². The zero-order valence-electron chi connectivity index (χ0n) is 16.6. The second-order valence-electron chi connectivity index (χ2n) is 8.44. The lowest BCUT2D eigenvalue weighted by molar-refractivity contribution is -0.139. The molecule has 6 heteroatoms. The van der Waals surface area contributed by atoms with Crippen LogP contribution in [0.1, 0.15) is 39.5 Å². The average Bonchev–Trinajstić information content (AvgIpc) is 3.40. The van der Waals surface area contributed by atoms with Gasteiger partial charge in [0.25, 0.3) is 0 Å². The van der Waals surface area contributed by atoms with Crippen LogP contribution in [0.25, 0.3) is 10.9 Å². The van der Waals surface area contributed by atoms with Crippen molar-refractivity contribution in [1.82, 2.24) is 9.88 Å². The van der Waals surface area contributed by atoms with E-state index in [4.69, 9.17) is 4.74 Å². The van der Waals surface area contributed by atoms with E-state index in [0.29, 0.717) is 18.0 Å². The van der Waals surface area contributed by atoms with Gasteiger partial charge in [-0.3, -0.25) is 14.7 Å². The summed E-state index contributed by atoms with van der Waals surface area (Å²) < 4.78 is 5.83. The van der Waals surface area contributed by atoms with Gasteiger partial charge in [0, 0.05) is 35.9 Å². The summed E-state index contributed by atoms with van der Waals surface area (Å²) in [5.41, 5.74) is 2.01. The predicted molar refractivity (Wildman–Crippen MR) is 110 cm³/mol. The fraction of sp³-hybridized carbons (Fsp3) is 0.545. The molecule has 0 spiro atoms. The SMILES string of the molecule is CC(C)Oc1ccc2nccc(NC3CC(N(CC(=O)O)CC4CC4)C3)c2c1. The number of nitrogens with one attached hydrogen (secondary N) is 1. The van der Waals surface area contributed by atoms with Crippen molar-refractivity contribution < 1.29 is 14.6 Å². The Morgan fingerprint density at radius 2 is 2.11 bits per heavy atom. The zero-order valence-corrected chi connectivity index (χ0v) is 16.6. The molecule has 1 aromatic carbocycles. The van der Waals surface area contributed by atoms with E-state index in [2.05, 4.69) is 15.2 Å². The number of ether oxygens (including phenoxy) is 1. The van der Waals surface area contributed by atoms with Gasteiger partial charge in [-0.25, -0.2) is 0 Å². The quantitative estimate of drug-likeness (QED) is 0.687. The molecule has 2 aliphatic rings. The van der Waals surface area contributed by atoms with Gasteiger partial charge < -0.3 is 15.2 Å². The van der Waals surface area contributed by atoms with Crippen molar-refractivity contribution in [3.05, 3.63) is 30.5 Å². The van der Waals surface area contributed by atoms with Crippen LogP contribution in [0.2, 0.25) is 0 Å². The second kappa shape index (κ2) is 7.95. The van der Waals surface area contributed by atoms with Gasteiger partial charge in [-0.1, -0.05) is 0 Å². The highest BCUT2D eigenvalue weighted by atomic mass is 16.5. The van der Waals surface area contributed by atoms with Crippen LogP contribution >= 0.6 is 0 Å². The lowest BCUT2D eigenvalue weighted by atomic mass is 9.85. The fourth-order valence-corrected chi connectivity index (χ4v) is 3.97. The smallest absolute Gasteiger partial charge is 0.317 e. The van der Waals surface area contributed by atoms with E-state index in [0.717, 1.165) is 41.7 Å². The number of aromatic nitrogens is 1. The summed E-state index contributed by atoms with van der Waals surface area (Å²) in [7, 11) is 0. The molecule has 2 N–H and O–H groups in total. The molecule has 0 atom stereocenters. The first-order valence-electron chi connectivity index (χ1n) is 10.3. The molecule has 1 heterocycles. The summed E-state index contributed by atoms with van der Waals surface area (Å²) in [5.74, 6) is 0.826. The molecule has 0 amide bonds. The van der Waals surface area contributed by atoms with Crippen molar-refractivity contribution in [3.8, 4) is 5.75 Å². The maximum Gasteiger partial charge on any atom is 0.317 e. The summed E-state index contributed by atoms with van der Waals surface area (Å²) in [6.45, 7) is 5.12. The van der Waals surface area contributed by atoms with Gasteiger partial charge in [0.15, 0.2) is 0 Å². The van der Waals surface area contributed by atoms with Crippen molar-refractivity contribution in [1.29, 1.82) is 0 Å². The molecule has 28 heavy (non-hydrogen) atoms. The maximum atomic E-state index is 11.2. The monoisotopic (exact) mass is 383 g/mol. The minimum atomic E-state index is -0.727. The van der Waals surface area contributed by atoms with Crippen molar-refractivity contribution in [2.45, 2.75) is 57.7 Å². The van der Waals surface area contributed by atoms with E-state index in [-0.39, 0.29) is 12.6 Å². The second-order valence-corrected chi connectivity index (χ2v) is 8.44. The molecule has 0 saturated heterocycles. The molecule has 0 bridgehead atoms. The summed E-state index contributed by atoms with van der Waals surface area (Å²) in [4.78, 5) is 17.8. The Labute approximate surface area is 165 Å². The van der Waals surface area contributed by atoms with E-state index < -0.39 is 5.97 Å². The Morgan fingerprint density at radius 3 is 2.79 bits per heavy atom. The number of carboxylic acids is 1. The molecular weight excluding hydrogens is 354 g/mol.